The molecule has 1 aliphatic rings. The molecule has 0 N–H and O–H groups in total. The van der Waals surface area contributed by atoms with E-state index in [0.29, 0.717) is 6.04 Å². The first-order chi connectivity index (χ1) is 8.79. The number of rotatable bonds is 6. The minimum atomic E-state index is 0.609. The molecule has 1 aliphatic heterocycles. The summed E-state index contributed by atoms with van der Waals surface area (Å²) >= 11 is 1.68. The first-order valence-electron chi connectivity index (χ1n) is 6.70. The molecule has 5 heteroatoms. The molecular formula is C13H23N3OS. The van der Waals surface area contributed by atoms with E-state index < -0.39 is 0 Å². The molecule has 0 aromatic carbocycles. The highest BCUT2D eigenvalue weighted by molar-refractivity contribution is 7.07. The van der Waals surface area contributed by atoms with Crippen LogP contribution in [0.1, 0.15) is 19.5 Å². The summed E-state index contributed by atoms with van der Waals surface area (Å²) in [5.41, 5.74) is 3.12. The van der Waals surface area contributed by atoms with Gasteiger partial charge in [0, 0.05) is 50.8 Å². The van der Waals surface area contributed by atoms with Crippen molar-refractivity contribution in [3.05, 3.63) is 16.6 Å². The van der Waals surface area contributed by atoms with Crippen LogP contribution in [0, 0.1) is 0 Å². The van der Waals surface area contributed by atoms with Crippen molar-refractivity contribution in [3.63, 3.8) is 0 Å². The van der Waals surface area contributed by atoms with Gasteiger partial charge in [-0.1, -0.05) is 0 Å². The van der Waals surface area contributed by atoms with E-state index >= 15 is 0 Å². The summed E-state index contributed by atoms with van der Waals surface area (Å²) in [5, 5.41) is 2.14. The van der Waals surface area contributed by atoms with Gasteiger partial charge in [-0.15, -0.1) is 11.3 Å². The maximum Gasteiger partial charge on any atom is 0.0795 e. The smallest absolute Gasteiger partial charge is 0.0795 e. The van der Waals surface area contributed by atoms with Crippen LogP contribution in [0.3, 0.4) is 0 Å². The van der Waals surface area contributed by atoms with E-state index in [1.807, 2.05) is 5.51 Å². The van der Waals surface area contributed by atoms with Gasteiger partial charge < -0.3 is 4.74 Å². The number of hydrogen-bond donors (Lipinski definition) is 0. The Hall–Kier alpha value is -0.490. The molecule has 4 nitrogen and oxygen atoms in total. The highest BCUT2D eigenvalue weighted by Crippen LogP contribution is 2.12. The maximum absolute atomic E-state index is 5.43. The van der Waals surface area contributed by atoms with Crippen molar-refractivity contribution in [1.82, 2.24) is 14.8 Å². The molecule has 0 amide bonds. The Morgan fingerprint density at radius 3 is 3.06 bits per heavy atom. The average Bonchev–Trinajstić information content (AvgIpc) is 2.85. The molecule has 2 heterocycles. The van der Waals surface area contributed by atoms with E-state index in [9.17, 15) is 0 Å². The number of aromatic nitrogens is 1. The third kappa shape index (κ3) is 4.02. The Labute approximate surface area is 114 Å². The molecule has 1 fully saturated rings. The minimum Gasteiger partial charge on any atom is -0.380 e. The van der Waals surface area contributed by atoms with Gasteiger partial charge >= 0.3 is 0 Å². The molecule has 0 saturated carbocycles. The predicted molar refractivity (Wildman–Crippen MR) is 74.9 cm³/mol. The largest absolute Gasteiger partial charge is 0.380 e. The van der Waals surface area contributed by atoms with Crippen molar-refractivity contribution in [2.24, 2.45) is 0 Å². The third-order valence-electron chi connectivity index (χ3n) is 3.45. The minimum absolute atomic E-state index is 0.609. The Bertz CT molecular complexity index is 331. The fraction of sp³-hybridized carbons (Fsp3) is 0.769. The van der Waals surface area contributed by atoms with E-state index in [1.165, 1.54) is 5.69 Å². The average molecular weight is 269 g/mol. The Morgan fingerprint density at radius 1 is 1.50 bits per heavy atom. The van der Waals surface area contributed by atoms with Gasteiger partial charge in [0.15, 0.2) is 0 Å². The summed E-state index contributed by atoms with van der Waals surface area (Å²) < 4.78 is 5.43. The van der Waals surface area contributed by atoms with Gasteiger partial charge in [-0.3, -0.25) is 9.80 Å². The van der Waals surface area contributed by atoms with Gasteiger partial charge in [-0.2, -0.15) is 0 Å². The molecule has 1 aromatic heterocycles. The molecule has 0 aliphatic carbocycles. The first kappa shape index (κ1) is 13.9. The van der Waals surface area contributed by atoms with Crippen LogP contribution in [-0.4, -0.2) is 60.2 Å². The zero-order valence-electron chi connectivity index (χ0n) is 11.3. The number of piperazine rings is 1. The topological polar surface area (TPSA) is 28.6 Å². The summed E-state index contributed by atoms with van der Waals surface area (Å²) in [4.78, 5) is 9.38. The lowest BCUT2D eigenvalue weighted by molar-refractivity contribution is 0.0462. The Balaban J connectivity index is 1.73. The van der Waals surface area contributed by atoms with Crippen LogP contribution in [0.2, 0.25) is 0 Å². The Kier molecular flexibility index (Phi) is 5.56. The van der Waals surface area contributed by atoms with Gasteiger partial charge in [0.25, 0.3) is 0 Å². The van der Waals surface area contributed by atoms with Gasteiger partial charge in [0.05, 0.1) is 17.8 Å². The molecule has 0 bridgehead atoms. The van der Waals surface area contributed by atoms with E-state index in [1.54, 1.807) is 11.3 Å². The summed E-state index contributed by atoms with van der Waals surface area (Å²) in [5.74, 6) is 0. The molecule has 1 aromatic rings. The van der Waals surface area contributed by atoms with Crippen molar-refractivity contribution < 1.29 is 4.74 Å². The number of ether oxygens (including phenoxy) is 1. The third-order valence-corrected chi connectivity index (χ3v) is 4.08. The van der Waals surface area contributed by atoms with Crippen molar-refractivity contribution in [1.29, 1.82) is 0 Å². The van der Waals surface area contributed by atoms with E-state index in [2.05, 4.69) is 34.0 Å². The van der Waals surface area contributed by atoms with Crippen LogP contribution < -0.4 is 0 Å². The van der Waals surface area contributed by atoms with Crippen LogP contribution in [0.4, 0.5) is 0 Å². The Morgan fingerprint density at radius 2 is 2.39 bits per heavy atom. The van der Waals surface area contributed by atoms with Gasteiger partial charge in [0.1, 0.15) is 0 Å². The second-order valence-electron chi connectivity index (χ2n) is 4.80. The van der Waals surface area contributed by atoms with Crippen molar-refractivity contribution in [2.45, 2.75) is 26.4 Å². The summed E-state index contributed by atoms with van der Waals surface area (Å²) in [6, 6.07) is 0.609. The lowest BCUT2D eigenvalue weighted by Crippen LogP contribution is -2.52. The molecule has 1 saturated heterocycles. The second-order valence-corrected chi connectivity index (χ2v) is 5.52. The fourth-order valence-corrected chi connectivity index (χ4v) is 2.97. The highest BCUT2D eigenvalue weighted by Gasteiger charge is 2.23. The monoisotopic (exact) mass is 269 g/mol. The molecule has 102 valence electrons. The standard InChI is InChI=1S/C13H23N3OS/c1-3-17-7-6-16-5-4-15(8-12(16)2)9-13-10-18-11-14-13/h10-12H,3-9H2,1-2H3. The zero-order valence-corrected chi connectivity index (χ0v) is 12.2. The molecule has 2 rings (SSSR count). The van der Waals surface area contributed by atoms with Crippen LogP contribution >= 0.6 is 11.3 Å². The van der Waals surface area contributed by atoms with Crippen molar-refractivity contribution in [3.8, 4) is 0 Å². The molecule has 1 atom stereocenters. The summed E-state index contributed by atoms with van der Waals surface area (Å²) in [6.07, 6.45) is 0. The molecule has 1 unspecified atom stereocenters. The molecule has 0 spiro atoms. The molecule has 0 radical (unpaired) electrons. The van der Waals surface area contributed by atoms with E-state index in [4.69, 9.17) is 4.74 Å². The lowest BCUT2D eigenvalue weighted by Gasteiger charge is -2.39. The van der Waals surface area contributed by atoms with Crippen LogP contribution in [0.15, 0.2) is 10.9 Å². The van der Waals surface area contributed by atoms with Gasteiger partial charge in [-0.05, 0) is 13.8 Å². The molecule has 18 heavy (non-hydrogen) atoms. The van der Waals surface area contributed by atoms with Gasteiger partial charge in [-0.25, -0.2) is 4.98 Å². The number of hydrogen-bond acceptors (Lipinski definition) is 5. The van der Waals surface area contributed by atoms with E-state index in [0.717, 1.165) is 45.9 Å². The first-order valence-corrected chi connectivity index (χ1v) is 7.65. The zero-order chi connectivity index (χ0) is 12.8. The van der Waals surface area contributed by atoms with E-state index in [-0.39, 0.29) is 0 Å². The van der Waals surface area contributed by atoms with Crippen LogP contribution in [-0.2, 0) is 11.3 Å². The fourth-order valence-electron chi connectivity index (χ4n) is 2.42. The lowest BCUT2D eigenvalue weighted by atomic mass is 10.2. The normalized spacial score (nSPS) is 22.4. The van der Waals surface area contributed by atoms with Crippen molar-refractivity contribution in [2.75, 3.05) is 39.4 Å². The summed E-state index contributed by atoms with van der Waals surface area (Å²) in [6.45, 7) is 11.5. The SMILES string of the molecule is CCOCCN1CCN(Cc2cscn2)CC1C. The maximum atomic E-state index is 5.43. The van der Waals surface area contributed by atoms with Crippen LogP contribution in [0.5, 0.6) is 0 Å². The van der Waals surface area contributed by atoms with Gasteiger partial charge in [0.2, 0.25) is 0 Å². The second kappa shape index (κ2) is 7.19. The predicted octanol–water partition coefficient (Wildman–Crippen LogP) is 1.69. The number of thiazole rings is 1. The molecular weight excluding hydrogens is 246 g/mol. The highest BCUT2D eigenvalue weighted by atomic mass is 32.1. The van der Waals surface area contributed by atoms with Crippen LogP contribution in [0.25, 0.3) is 0 Å². The quantitative estimate of drug-likeness (QED) is 0.735. The van der Waals surface area contributed by atoms with Crippen molar-refractivity contribution >= 4 is 11.3 Å². The number of nitrogens with zero attached hydrogens (tertiary/aromatic N) is 3. The summed E-state index contributed by atoms with van der Waals surface area (Å²) in [7, 11) is 0.